The third kappa shape index (κ3) is 6.18. The zero-order valence-corrected chi connectivity index (χ0v) is 13.7. The van der Waals surface area contributed by atoms with Gasteiger partial charge >= 0.3 is 0 Å². The van der Waals surface area contributed by atoms with Gasteiger partial charge in [-0.05, 0) is 47.1 Å². The Morgan fingerprint density at radius 2 is 1.95 bits per heavy atom. The molecule has 0 radical (unpaired) electrons. The fraction of sp³-hybridized carbons (Fsp3) is 0.455. The molecule has 110 valence electrons. The molecule has 4 nitrogen and oxygen atoms in total. The van der Waals surface area contributed by atoms with Gasteiger partial charge in [-0.25, -0.2) is 17.5 Å². The number of benzene rings is 1. The van der Waals surface area contributed by atoms with Gasteiger partial charge in [-0.15, -0.1) is 12.4 Å². The quantitative estimate of drug-likeness (QED) is 0.719. The van der Waals surface area contributed by atoms with Crippen molar-refractivity contribution in [3.63, 3.8) is 0 Å². The van der Waals surface area contributed by atoms with Crippen LogP contribution in [0.1, 0.15) is 13.3 Å². The zero-order valence-electron chi connectivity index (χ0n) is 10.4. The lowest BCUT2D eigenvalue weighted by molar-refractivity contribution is 0.571. The highest BCUT2D eigenvalue weighted by Crippen LogP contribution is 2.18. The molecule has 19 heavy (non-hydrogen) atoms. The van der Waals surface area contributed by atoms with Gasteiger partial charge in [-0.1, -0.05) is 6.92 Å². The minimum absolute atomic E-state index is 0. The molecule has 0 spiro atoms. The van der Waals surface area contributed by atoms with Crippen LogP contribution in [0.4, 0.5) is 4.39 Å². The van der Waals surface area contributed by atoms with E-state index >= 15 is 0 Å². The van der Waals surface area contributed by atoms with E-state index in [1.54, 1.807) is 0 Å². The first kappa shape index (κ1) is 18.8. The van der Waals surface area contributed by atoms with Gasteiger partial charge in [0.05, 0.1) is 9.37 Å². The normalized spacial score (nSPS) is 11.1. The van der Waals surface area contributed by atoms with Gasteiger partial charge in [0.1, 0.15) is 5.82 Å². The van der Waals surface area contributed by atoms with Gasteiger partial charge in [-0.3, -0.25) is 0 Å². The average molecular weight is 376 g/mol. The molecule has 1 aromatic rings. The highest BCUT2D eigenvalue weighted by atomic mass is 79.9. The molecule has 0 bridgehead atoms. The SMILES string of the molecule is CCCNCCNS(=O)(=O)c1ccc(Br)c(F)c1.Cl. The Hall–Kier alpha value is -0.210. The van der Waals surface area contributed by atoms with Crippen LogP contribution in [0.5, 0.6) is 0 Å². The summed E-state index contributed by atoms with van der Waals surface area (Å²) in [4.78, 5) is -0.0707. The summed E-state index contributed by atoms with van der Waals surface area (Å²) in [5.41, 5.74) is 0. The van der Waals surface area contributed by atoms with Gasteiger partial charge in [0.2, 0.25) is 10.0 Å². The van der Waals surface area contributed by atoms with E-state index in [-0.39, 0.29) is 28.3 Å². The van der Waals surface area contributed by atoms with Crippen LogP contribution in [0.2, 0.25) is 0 Å². The van der Waals surface area contributed by atoms with Gasteiger partial charge in [0.25, 0.3) is 0 Å². The lowest BCUT2D eigenvalue weighted by atomic mass is 10.3. The molecule has 0 aromatic heterocycles. The molecule has 1 rings (SSSR count). The fourth-order valence-corrected chi connectivity index (χ4v) is 2.59. The molecule has 0 aliphatic carbocycles. The molecule has 0 saturated carbocycles. The lowest BCUT2D eigenvalue weighted by Gasteiger charge is -2.07. The summed E-state index contributed by atoms with van der Waals surface area (Å²) in [7, 11) is -3.64. The van der Waals surface area contributed by atoms with Gasteiger partial charge in [0, 0.05) is 13.1 Å². The zero-order chi connectivity index (χ0) is 13.6. The van der Waals surface area contributed by atoms with E-state index in [0.29, 0.717) is 6.54 Å². The molecule has 0 aliphatic rings. The number of nitrogens with one attached hydrogen (secondary N) is 2. The third-order valence-electron chi connectivity index (χ3n) is 2.22. The number of hydrogen-bond donors (Lipinski definition) is 2. The second-order valence-corrected chi connectivity index (χ2v) is 6.34. The molecule has 2 N–H and O–H groups in total. The summed E-state index contributed by atoms with van der Waals surface area (Å²) in [6.45, 7) is 3.70. The molecule has 0 unspecified atom stereocenters. The highest BCUT2D eigenvalue weighted by molar-refractivity contribution is 9.10. The summed E-state index contributed by atoms with van der Waals surface area (Å²) < 4.78 is 39.5. The second-order valence-electron chi connectivity index (χ2n) is 3.72. The second kappa shape index (κ2) is 8.86. The van der Waals surface area contributed by atoms with E-state index in [0.717, 1.165) is 19.0 Å². The number of hydrogen-bond acceptors (Lipinski definition) is 3. The van der Waals surface area contributed by atoms with Crippen LogP contribution in [0.3, 0.4) is 0 Å². The van der Waals surface area contributed by atoms with Crippen molar-refractivity contribution in [2.45, 2.75) is 18.2 Å². The minimum atomic E-state index is -3.64. The number of halogens is 3. The van der Waals surface area contributed by atoms with Crippen LogP contribution >= 0.6 is 28.3 Å². The topological polar surface area (TPSA) is 58.2 Å². The minimum Gasteiger partial charge on any atom is -0.315 e. The van der Waals surface area contributed by atoms with Gasteiger partial charge in [0.15, 0.2) is 0 Å². The Labute approximate surface area is 127 Å². The van der Waals surface area contributed by atoms with Crippen LogP contribution in [-0.2, 0) is 10.0 Å². The van der Waals surface area contributed by atoms with Crippen LogP contribution in [-0.4, -0.2) is 28.1 Å². The molecule has 1 aromatic carbocycles. The van der Waals surface area contributed by atoms with Crippen LogP contribution < -0.4 is 10.0 Å². The monoisotopic (exact) mass is 374 g/mol. The van der Waals surface area contributed by atoms with Crippen LogP contribution in [0.25, 0.3) is 0 Å². The lowest BCUT2D eigenvalue weighted by Crippen LogP contribution is -2.32. The smallest absolute Gasteiger partial charge is 0.240 e. The van der Waals surface area contributed by atoms with Crippen molar-refractivity contribution in [2.24, 2.45) is 0 Å². The van der Waals surface area contributed by atoms with E-state index in [1.165, 1.54) is 12.1 Å². The van der Waals surface area contributed by atoms with Crippen molar-refractivity contribution in [3.8, 4) is 0 Å². The van der Waals surface area contributed by atoms with E-state index in [4.69, 9.17) is 0 Å². The standard InChI is InChI=1S/C11H16BrFN2O2S.ClH/c1-2-5-14-6-7-15-18(16,17)9-3-4-10(12)11(13)8-9;/h3-4,8,14-15H,2,5-7H2,1H3;1H. The Bertz CT molecular complexity index is 499. The predicted octanol–water partition coefficient (Wildman–Crippen LogP) is 2.29. The number of rotatable bonds is 7. The van der Waals surface area contributed by atoms with Crippen molar-refractivity contribution in [1.82, 2.24) is 10.0 Å². The predicted molar refractivity (Wildman–Crippen MR) is 79.7 cm³/mol. The van der Waals surface area contributed by atoms with E-state index in [9.17, 15) is 12.8 Å². The summed E-state index contributed by atoms with van der Waals surface area (Å²) in [5, 5.41) is 3.07. The molecule has 0 atom stereocenters. The molecule has 0 amide bonds. The summed E-state index contributed by atoms with van der Waals surface area (Å²) in [6, 6.07) is 3.72. The van der Waals surface area contributed by atoms with Crippen molar-refractivity contribution < 1.29 is 12.8 Å². The molecule has 0 fully saturated rings. The van der Waals surface area contributed by atoms with Gasteiger partial charge < -0.3 is 5.32 Å². The molecule has 0 saturated heterocycles. The van der Waals surface area contributed by atoms with E-state index in [1.807, 2.05) is 6.92 Å². The summed E-state index contributed by atoms with van der Waals surface area (Å²) >= 11 is 2.98. The van der Waals surface area contributed by atoms with Crippen molar-refractivity contribution in [1.29, 1.82) is 0 Å². The van der Waals surface area contributed by atoms with Crippen molar-refractivity contribution in [3.05, 3.63) is 28.5 Å². The Balaban J connectivity index is 0.00000324. The maximum Gasteiger partial charge on any atom is 0.240 e. The molecule has 8 heteroatoms. The van der Waals surface area contributed by atoms with Crippen molar-refractivity contribution >= 4 is 38.4 Å². The maximum absolute atomic E-state index is 13.2. The highest BCUT2D eigenvalue weighted by Gasteiger charge is 2.14. The first-order valence-corrected chi connectivity index (χ1v) is 7.90. The number of sulfonamides is 1. The molecular formula is C11H17BrClFN2O2S. The molecule has 0 aliphatic heterocycles. The van der Waals surface area contributed by atoms with E-state index < -0.39 is 15.8 Å². The Morgan fingerprint density at radius 1 is 1.26 bits per heavy atom. The van der Waals surface area contributed by atoms with Crippen LogP contribution in [0.15, 0.2) is 27.6 Å². The summed E-state index contributed by atoms with van der Waals surface area (Å²) in [6.07, 6.45) is 0.991. The third-order valence-corrected chi connectivity index (χ3v) is 4.32. The molecule has 0 heterocycles. The first-order chi connectivity index (χ1) is 8.47. The first-order valence-electron chi connectivity index (χ1n) is 5.63. The summed E-state index contributed by atoms with van der Waals surface area (Å²) in [5.74, 6) is -0.595. The molecular weight excluding hydrogens is 359 g/mol. The van der Waals surface area contributed by atoms with Crippen LogP contribution in [0, 0.1) is 5.82 Å². The average Bonchev–Trinajstić information content (AvgIpc) is 2.32. The van der Waals surface area contributed by atoms with Gasteiger partial charge in [-0.2, -0.15) is 0 Å². The Kier molecular flexibility index (Phi) is 8.76. The Morgan fingerprint density at radius 3 is 2.53 bits per heavy atom. The fourth-order valence-electron chi connectivity index (χ4n) is 1.30. The maximum atomic E-state index is 13.2. The largest absolute Gasteiger partial charge is 0.315 e. The van der Waals surface area contributed by atoms with E-state index in [2.05, 4.69) is 26.0 Å². The van der Waals surface area contributed by atoms with Crippen molar-refractivity contribution in [2.75, 3.05) is 19.6 Å².